The topological polar surface area (TPSA) is 77.4 Å². The molecule has 0 radical (unpaired) electrons. The molecular weight excluding hydrogens is 439 g/mol. The van der Waals surface area contributed by atoms with Crippen LogP contribution in [0.25, 0.3) is 21.8 Å². The predicted octanol–water partition coefficient (Wildman–Crippen LogP) is 4.64. The van der Waals surface area contributed by atoms with Crippen LogP contribution in [0.5, 0.6) is 0 Å². The smallest absolute Gasteiger partial charge is 0.326 e. The number of para-hydroxylation sites is 2. The first-order valence-corrected chi connectivity index (χ1v) is 10.1. The summed E-state index contributed by atoms with van der Waals surface area (Å²) in [6, 6.07) is 18.8. The second-order valence-corrected chi connectivity index (χ2v) is 7.60. The highest BCUT2D eigenvalue weighted by Crippen LogP contribution is 2.25. The molecule has 4 rings (SSSR count). The number of hydrogen-bond acceptors (Lipinski definition) is 4. The highest BCUT2D eigenvalue weighted by atomic mass is 35.5. The van der Waals surface area contributed by atoms with E-state index >= 15 is 0 Å². The molecule has 0 saturated heterocycles. The van der Waals surface area contributed by atoms with Crippen LogP contribution in [0.15, 0.2) is 71.5 Å². The molecule has 3 aromatic carbocycles. The fourth-order valence-corrected chi connectivity index (χ4v) is 3.64. The second kappa shape index (κ2) is 8.79. The maximum atomic E-state index is 12.8. The number of ether oxygens (including phenoxy) is 1. The fourth-order valence-electron chi connectivity index (χ4n) is 3.34. The van der Waals surface area contributed by atoms with E-state index in [9.17, 15) is 14.4 Å². The van der Waals surface area contributed by atoms with Crippen molar-refractivity contribution in [3.05, 3.63) is 87.0 Å². The maximum Gasteiger partial charge on any atom is 0.326 e. The Balaban J connectivity index is 1.52. The molecule has 0 aliphatic rings. The van der Waals surface area contributed by atoms with Gasteiger partial charge in [0, 0.05) is 16.5 Å². The third-order valence-corrected chi connectivity index (χ3v) is 5.47. The molecular formula is C23H16Cl2N2O4. The van der Waals surface area contributed by atoms with E-state index in [0.717, 1.165) is 0 Å². The minimum atomic E-state index is -0.608. The number of aromatic nitrogens is 1. The molecule has 1 amide bonds. The Labute approximate surface area is 186 Å². The Bertz CT molecular complexity index is 1320. The summed E-state index contributed by atoms with van der Waals surface area (Å²) in [4.78, 5) is 37.4. The zero-order valence-electron chi connectivity index (χ0n) is 16.1. The summed E-state index contributed by atoms with van der Waals surface area (Å²) < 4.78 is 6.87. The molecule has 0 fully saturated rings. The number of amides is 1. The monoisotopic (exact) mass is 454 g/mol. The van der Waals surface area contributed by atoms with Gasteiger partial charge in [0.1, 0.15) is 6.54 Å². The summed E-state index contributed by atoms with van der Waals surface area (Å²) in [5, 5.41) is 4.27. The van der Waals surface area contributed by atoms with Crippen LogP contribution in [-0.4, -0.2) is 23.1 Å². The van der Waals surface area contributed by atoms with Gasteiger partial charge in [0.15, 0.2) is 12.0 Å². The molecule has 4 aromatic rings. The first-order chi connectivity index (χ1) is 14.9. The molecule has 0 spiro atoms. The molecule has 0 saturated carbocycles. The Morgan fingerprint density at radius 2 is 1.48 bits per heavy atom. The van der Waals surface area contributed by atoms with Crippen molar-refractivity contribution in [1.29, 1.82) is 0 Å². The van der Waals surface area contributed by atoms with Crippen molar-refractivity contribution < 1.29 is 14.3 Å². The van der Waals surface area contributed by atoms with E-state index in [-0.39, 0.29) is 12.0 Å². The summed E-state index contributed by atoms with van der Waals surface area (Å²) in [6.07, 6.45) is 0. The van der Waals surface area contributed by atoms with Gasteiger partial charge in [-0.05, 0) is 42.5 Å². The van der Waals surface area contributed by atoms with Crippen molar-refractivity contribution in [1.82, 2.24) is 4.57 Å². The van der Waals surface area contributed by atoms with E-state index in [1.165, 1.54) is 6.07 Å². The van der Waals surface area contributed by atoms with Crippen LogP contribution >= 0.6 is 23.2 Å². The number of nitrogens with zero attached hydrogens (tertiary/aromatic N) is 1. The maximum absolute atomic E-state index is 12.8. The first kappa shape index (κ1) is 20.9. The zero-order valence-corrected chi connectivity index (χ0v) is 17.6. The summed E-state index contributed by atoms with van der Waals surface area (Å²) in [5.41, 5.74) is 1.57. The normalized spacial score (nSPS) is 10.9. The van der Waals surface area contributed by atoms with Gasteiger partial charge < -0.3 is 14.6 Å². The van der Waals surface area contributed by atoms with Crippen LogP contribution in [0.2, 0.25) is 10.0 Å². The van der Waals surface area contributed by atoms with Crippen molar-refractivity contribution in [2.45, 2.75) is 6.54 Å². The number of carbonyl (C=O) groups excluding carboxylic acids is 2. The number of nitrogens with one attached hydrogen (secondary N) is 1. The number of carbonyl (C=O) groups is 2. The third kappa shape index (κ3) is 4.40. The van der Waals surface area contributed by atoms with Crippen LogP contribution in [0.4, 0.5) is 5.69 Å². The van der Waals surface area contributed by atoms with Gasteiger partial charge >= 0.3 is 5.97 Å². The van der Waals surface area contributed by atoms with Crippen molar-refractivity contribution >= 4 is 62.6 Å². The second-order valence-electron chi connectivity index (χ2n) is 6.79. The Kier molecular flexibility index (Phi) is 5.93. The molecule has 0 aliphatic carbocycles. The SMILES string of the molecule is O=C(COC(=O)Cn1c2ccccc2c(=O)c2ccccc21)Nc1ccc(Cl)c(Cl)c1. The number of benzene rings is 3. The highest BCUT2D eigenvalue weighted by Gasteiger charge is 2.15. The molecule has 0 atom stereocenters. The number of fused-ring (bicyclic) bond motifs is 2. The first-order valence-electron chi connectivity index (χ1n) is 9.35. The van der Waals surface area contributed by atoms with Crippen molar-refractivity contribution in [2.24, 2.45) is 0 Å². The van der Waals surface area contributed by atoms with Gasteiger partial charge in [0.25, 0.3) is 5.91 Å². The minimum Gasteiger partial charge on any atom is -0.454 e. The van der Waals surface area contributed by atoms with E-state index in [4.69, 9.17) is 27.9 Å². The van der Waals surface area contributed by atoms with Crippen LogP contribution in [0.1, 0.15) is 0 Å². The molecule has 1 N–H and O–H groups in total. The molecule has 156 valence electrons. The summed E-state index contributed by atoms with van der Waals surface area (Å²) >= 11 is 11.8. The van der Waals surface area contributed by atoms with Crippen LogP contribution in [0, 0.1) is 0 Å². The molecule has 0 unspecified atom stereocenters. The molecule has 1 aromatic heterocycles. The molecule has 0 bridgehead atoms. The van der Waals surface area contributed by atoms with E-state index in [2.05, 4.69) is 5.32 Å². The van der Waals surface area contributed by atoms with Gasteiger partial charge in [0.05, 0.1) is 21.1 Å². The number of esters is 1. The Hall–Kier alpha value is -3.35. The lowest BCUT2D eigenvalue weighted by atomic mass is 10.1. The number of hydrogen-bond donors (Lipinski definition) is 1. The average Bonchev–Trinajstić information content (AvgIpc) is 2.78. The minimum absolute atomic E-state index is 0.100. The van der Waals surface area contributed by atoms with Crippen molar-refractivity contribution in [3.8, 4) is 0 Å². The number of rotatable bonds is 5. The van der Waals surface area contributed by atoms with Gasteiger partial charge in [-0.1, -0.05) is 47.5 Å². The summed E-state index contributed by atoms with van der Waals surface area (Å²) in [5.74, 6) is -1.12. The number of halogens is 2. The lowest BCUT2D eigenvalue weighted by Gasteiger charge is -2.14. The zero-order chi connectivity index (χ0) is 22.0. The molecule has 0 aliphatic heterocycles. The van der Waals surface area contributed by atoms with Crippen LogP contribution < -0.4 is 10.7 Å². The third-order valence-electron chi connectivity index (χ3n) is 4.73. The Morgan fingerprint density at radius 3 is 2.10 bits per heavy atom. The largest absolute Gasteiger partial charge is 0.454 e. The molecule has 31 heavy (non-hydrogen) atoms. The molecule has 1 heterocycles. The lowest BCUT2D eigenvalue weighted by molar-refractivity contribution is -0.147. The summed E-state index contributed by atoms with van der Waals surface area (Å²) in [7, 11) is 0. The average molecular weight is 455 g/mol. The van der Waals surface area contributed by atoms with Gasteiger partial charge in [-0.15, -0.1) is 0 Å². The van der Waals surface area contributed by atoms with Gasteiger partial charge in [-0.3, -0.25) is 14.4 Å². The van der Waals surface area contributed by atoms with Gasteiger partial charge in [0.2, 0.25) is 0 Å². The van der Waals surface area contributed by atoms with Crippen molar-refractivity contribution in [3.63, 3.8) is 0 Å². The fraction of sp³-hybridized carbons (Fsp3) is 0.0870. The van der Waals surface area contributed by atoms with Crippen LogP contribution in [-0.2, 0) is 20.9 Å². The quantitative estimate of drug-likeness (QED) is 0.351. The Morgan fingerprint density at radius 1 is 0.871 bits per heavy atom. The number of pyridine rings is 1. The van der Waals surface area contributed by atoms with E-state index < -0.39 is 18.5 Å². The van der Waals surface area contributed by atoms with Crippen molar-refractivity contribution in [2.75, 3.05) is 11.9 Å². The molecule has 8 heteroatoms. The van der Waals surface area contributed by atoms with E-state index in [0.29, 0.717) is 37.5 Å². The standard InChI is InChI=1S/C23H16Cl2N2O4/c24-17-10-9-14(11-18(17)25)26-21(28)13-31-22(29)12-27-19-7-3-1-5-15(19)23(30)16-6-2-4-8-20(16)27/h1-11H,12-13H2,(H,26,28). The highest BCUT2D eigenvalue weighted by molar-refractivity contribution is 6.42. The number of anilines is 1. The molecule has 6 nitrogen and oxygen atoms in total. The van der Waals surface area contributed by atoms with E-state index in [1.54, 1.807) is 65.2 Å². The van der Waals surface area contributed by atoms with Gasteiger partial charge in [-0.25, -0.2) is 0 Å². The summed E-state index contributed by atoms with van der Waals surface area (Å²) in [6.45, 7) is -0.615. The van der Waals surface area contributed by atoms with Crippen LogP contribution in [0.3, 0.4) is 0 Å². The van der Waals surface area contributed by atoms with Gasteiger partial charge in [-0.2, -0.15) is 0 Å². The lowest BCUT2D eigenvalue weighted by Crippen LogP contribution is -2.24. The predicted molar refractivity (Wildman–Crippen MR) is 122 cm³/mol. The van der Waals surface area contributed by atoms with E-state index in [1.807, 2.05) is 0 Å².